The summed E-state index contributed by atoms with van der Waals surface area (Å²) in [5.41, 5.74) is 8.70. The van der Waals surface area contributed by atoms with Gasteiger partial charge in [0, 0.05) is 57.4 Å². The maximum absolute atomic E-state index is 14.5. The lowest BCUT2D eigenvalue weighted by atomic mass is 9.96. The van der Waals surface area contributed by atoms with Gasteiger partial charge in [-0.2, -0.15) is 5.10 Å². The van der Waals surface area contributed by atoms with E-state index in [1.807, 2.05) is 73.7 Å². The van der Waals surface area contributed by atoms with E-state index >= 15 is 0 Å². The van der Waals surface area contributed by atoms with Crippen LogP contribution in [0.3, 0.4) is 0 Å². The average molecular weight is 797 g/mol. The number of nitrogens with zero attached hydrogens (tertiary/aromatic N) is 3. The van der Waals surface area contributed by atoms with Crippen LogP contribution in [0.2, 0.25) is 0 Å². The third-order valence-electron chi connectivity index (χ3n) is 8.70. The molecule has 7 rings (SSSR count). The van der Waals surface area contributed by atoms with Crippen LogP contribution in [0.25, 0.3) is 39.3 Å². The first kappa shape index (κ1) is 38.6. The molecule has 4 aromatic carbocycles. The fraction of sp³-hybridized carbons (Fsp3) is 0.279. The van der Waals surface area contributed by atoms with Crippen LogP contribution in [0.1, 0.15) is 61.2 Å². The smallest absolute Gasteiger partial charge is 0.310 e. The first-order valence-corrected chi connectivity index (χ1v) is 18.7. The van der Waals surface area contributed by atoms with Gasteiger partial charge in [-0.25, -0.2) is 13.9 Å². The molecular formula is C43H43BrFN3O6. The number of carbonyl (C=O) groups excluding carboxylic acids is 1. The van der Waals surface area contributed by atoms with Gasteiger partial charge in [0.1, 0.15) is 23.9 Å². The van der Waals surface area contributed by atoms with Crippen molar-refractivity contribution in [2.45, 2.75) is 64.2 Å². The summed E-state index contributed by atoms with van der Waals surface area (Å²) in [7, 11) is 1.36. The summed E-state index contributed by atoms with van der Waals surface area (Å²) in [5, 5.41) is 25.0. The van der Waals surface area contributed by atoms with E-state index in [9.17, 15) is 14.3 Å². The number of rotatable bonds is 9. The fourth-order valence-corrected chi connectivity index (χ4v) is 6.56. The molecule has 2 aromatic heterocycles. The molecule has 1 aliphatic heterocycles. The third kappa shape index (κ3) is 9.15. The van der Waals surface area contributed by atoms with Crippen LogP contribution in [-0.4, -0.2) is 50.1 Å². The van der Waals surface area contributed by atoms with Crippen LogP contribution in [0, 0.1) is 12.7 Å². The Morgan fingerprint density at radius 3 is 2.48 bits per heavy atom. The Hall–Kier alpha value is -5.10. The monoisotopic (exact) mass is 795 g/mol. The summed E-state index contributed by atoms with van der Waals surface area (Å²) in [6.07, 6.45) is -0.180. The molecule has 11 heteroatoms. The lowest BCUT2D eigenvalue weighted by Gasteiger charge is -2.23. The van der Waals surface area contributed by atoms with Crippen LogP contribution in [-0.2, 0) is 27.9 Å². The Kier molecular flexibility index (Phi) is 11.8. The van der Waals surface area contributed by atoms with Crippen LogP contribution in [0.4, 0.5) is 4.39 Å². The first-order valence-electron chi connectivity index (χ1n) is 17.6. The zero-order valence-corrected chi connectivity index (χ0v) is 32.5. The van der Waals surface area contributed by atoms with Crippen molar-refractivity contribution in [3.05, 3.63) is 125 Å². The summed E-state index contributed by atoms with van der Waals surface area (Å²) in [5.74, 6) is 0.276. The number of hydrogen-bond acceptors (Lipinski definition) is 8. The number of esters is 1. The van der Waals surface area contributed by atoms with E-state index in [4.69, 9.17) is 29.4 Å². The van der Waals surface area contributed by atoms with Gasteiger partial charge in [-0.05, 0) is 80.8 Å². The zero-order valence-electron chi connectivity index (χ0n) is 30.9. The molecule has 54 heavy (non-hydrogen) atoms. The molecule has 0 bridgehead atoms. The van der Waals surface area contributed by atoms with Gasteiger partial charge in [0.2, 0.25) is 0 Å². The van der Waals surface area contributed by atoms with Crippen LogP contribution >= 0.6 is 15.9 Å². The molecule has 0 saturated carbocycles. The number of hydrogen-bond donors (Lipinski definition) is 2. The van der Waals surface area contributed by atoms with E-state index in [1.54, 1.807) is 31.4 Å². The molecule has 2 N–H and O–H groups in total. The highest BCUT2D eigenvalue weighted by Gasteiger charge is 2.24. The van der Waals surface area contributed by atoms with Crippen LogP contribution in [0.15, 0.2) is 91.0 Å². The van der Waals surface area contributed by atoms with Gasteiger partial charge < -0.3 is 24.4 Å². The van der Waals surface area contributed by atoms with Crippen molar-refractivity contribution in [3.63, 3.8) is 0 Å². The molecule has 0 saturated heterocycles. The predicted octanol–water partition coefficient (Wildman–Crippen LogP) is 8.96. The zero-order chi connectivity index (χ0) is 38.6. The van der Waals surface area contributed by atoms with Gasteiger partial charge in [0.15, 0.2) is 5.65 Å². The van der Waals surface area contributed by atoms with Crippen molar-refractivity contribution in [2.24, 2.45) is 0 Å². The number of alkyl halides is 1. The number of aryl methyl sites for hydroxylation is 1. The molecule has 6 aromatic rings. The Labute approximate surface area is 322 Å². The predicted molar refractivity (Wildman–Crippen MR) is 210 cm³/mol. The number of aromatic nitrogens is 3. The number of ether oxygens (including phenoxy) is 3. The van der Waals surface area contributed by atoms with Crippen LogP contribution < -0.4 is 9.47 Å². The molecule has 1 atom stereocenters. The van der Waals surface area contributed by atoms with Crippen molar-refractivity contribution in [1.29, 1.82) is 0 Å². The lowest BCUT2D eigenvalue weighted by Crippen LogP contribution is -2.15. The minimum atomic E-state index is -0.665. The summed E-state index contributed by atoms with van der Waals surface area (Å²) < 4.78 is 33.2. The molecule has 1 unspecified atom stereocenters. The largest absolute Gasteiger partial charge is 0.493 e. The maximum Gasteiger partial charge on any atom is 0.310 e. The van der Waals surface area contributed by atoms with E-state index in [-0.39, 0.29) is 18.8 Å². The minimum absolute atomic E-state index is 0.00479. The van der Waals surface area contributed by atoms with E-state index in [2.05, 4.69) is 22.0 Å². The standard InChI is InChI=1S/C39H33BrFN3O5.C4H10O/c1-23-31(19-38(46)47-2)39(28-9-12-35-32(17-28)34(45)13-14-48-35)44-37(42-23)20-33(43-44)27-8-4-7-26(16-27)30-11-10-29(41)18-36(30)49-22-25-6-3-5-24(15-25)21-40;1-4(2,3)5/h3-12,15-18,20,34,45H,13-14,19,21-22H2,1-2H3;5H,1-3H3. The summed E-state index contributed by atoms with van der Waals surface area (Å²) in [6.45, 7) is 7.82. The van der Waals surface area contributed by atoms with Gasteiger partial charge in [-0.1, -0.05) is 58.4 Å². The van der Waals surface area contributed by atoms with Gasteiger partial charge >= 0.3 is 5.97 Å². The molecule has 280 valence electrons. The molecule has 0 aliphatic carbocycles. The quantitative estimate of drug-likeness (QED) is 0.110. The number of methoxy groups -OCH3 is 1. The molecular weight excluding hydrogens is 753 g/mol. The second kappa shape index (κ2) is 16.5. The molecule has 1 aliphatic rings. The topological polar surface area (TPSA) is 115 Å². The number of halogens is 2. The molecule has 0 fully saturated rings. The first-order chi connectivity index (χ1) is 25.8. The highest BCUT2D eigenvalue weighted by atomic mass is 79.9. The lowest BCUT2D eigenvalue weighted by molar-refractivity contribution is -0.139. The number of carbonyl (C=O) groups is 1. The Morgan fingerprint density at radius 2 is 1.72 bits per heavy atom. The van der Waals surface area contributed by atoms with E-state index in [1.165, 1.54) is 19.2 Å². The summed E-state index contributed by atoms with van der Waals surface area (Å²) in [6, 6.07) is 27.9. The normalized spacial score (nSPS) is 13.8. The highest BCUT2D eigenvalue weighted by molar-refractivity contribution is 9.08. The van der Waals surface area contributed by atoms with Crippen molar-refractivity contribution in [2.75, 3.05) is 13.7 Å². The Bertz CT molecular complexity index is 2290. The molecule has 3 heterocycles. The van der Waals surface area contributed by atoms with Crippen LogP contribution in [0.5, 0.6) is 11.5 Å². The van der Waals surface area contributed by atoms with Crippen molar-refractivity contribution >= 4 is 27.5 Å². The molecule has 0 radical (unpaired) electrons. The molecule has 0 spiro atoms. The number of aliphatic hydroxyl groups is 2. The SMILES string of the molecule is CC(C)(C)O.COC(=O)Cc1c(C)nc2cc(-c3cccc(-c4ccc(F)cc4OCc4cccc(CBr)c4)c3)nn2c1-c1ccc2c(c1)C(O)CCO2. The van der Waals surface area contributed by atoms with E-state index in [0.29, 0.717) is 58.4 Å². The maximum atomic E-state index is 14.5. The van der Waals surface area contributed by atoms with Gasteiger partial charge in [0.05, 0.1) is 43.2 Å². The molecule has 0 amide bonds. The molecule has 9 nitrogen and oxygen atoms in total. The van der Waals surface area contributed by atoms with Crippen molar-refractivity contribution < 1.29 is 33.6 Å². The average Bonchev–Trinajstić information content (AvgIpc) is 3.57. The van der Waals surface area contributed by atoms with Crippen molar-refractivity contribution in [3.8, 4) is 45.1 Å². The second-order valence-corrected chi connectivity index (χ2v) is 14.7. The van der Waals surface area contributed by atoms with E-state index < -0.39 is 17.7 Å². The number of fused-ring (bicyclic) bond motifs is 2. The minimum Gasteiger partial charge on any atom is -0.493 e. The van der Waals surface area contributed by atoms with Crippen molar-refractivity contribution in [1.82, 2.24) is 14.6 Å². The summed E-state index contributed by atoms with van der Waals surface area (Å²) in [4.78, 5) is 17.4. The van der Waals surface area contributed by atoms with Gasteiger partial charge in [-0.15, -0.1) is 0 Å². The highest BCUT2D eigenvalue weighted by Crippen LogP contribution is 2.38. The van der Waals surface area contributed by atoms with E-state index in [0.717, 1.165) is 38.7 Å². The summed E-state index contributed by atoms with van der Waals surface area (Å²) >= 11 is 3.49. The fourth-order valence-electron chi connectivity index (χ4n) is 6.21. The van der Waals surface area contributed by atoms with Gasteiger partial charge in [0.25, 0.3) is 0 Å². The third-order valence-corrected chi connectivity index (χ3v) is 9.35. The number of aliphatic hydroxyl groups excluding tert-OH is 1. The van der Waals surface area contributed by atoms with Gasteiger partial charge in [-0.3, -0.25) is 4.79 Å². The Morgan fingerprint density at radius 1 is 0.981 bits per heavy atom. The second-order valence-electron chi connectivity index (χ2n) is 14.1. The number of benzene rings is 4. The Balaban J connectivity index is 0.000000934.